The third-order valence-corrected chi connectivity index (χ3v) is 3.27. The standard InChI is InChI=1S/C12H19NO/c1-2-10-7-8-11(14-10)12(13)9-5-3-4-6-9/h7-9,12H,2-6,13H2,1H3/t12-/m1/s1. The fourth-order valence-corrected chi connectivity index (χ4v) is 2.31. The maximum atomic E-state index is 6.17. The summed E-state index contributed by atoms with van der Waals surface area (Å²) in [6, 6.07) is 4.21. The molecule has 1 aliphatic carbocycles. The van der Waals surface area contributed by atoms with E-state index < -0.39 is 0 Å². The van der Waals surface area contributed by atoms with Gasteiger partial charge < -0.3 is 10.2 Å². The molecular weight excluding hydrogens is 174 g/mol. The Bertz CT molecular complexity index is 286. The van der Waals surface area contributed by atoms with E-state index in [4.69, 9.17) is 10.2 Å². The minimum Gasteiger partial charge on any atom is -0.464 e. The average Bonchev–Trinajstić information content (AvgIpc) is 2.88. The van der Waals surface area contributed by atoms with E-state index >= 15 is 0 Å². The molecule has 1 aromatic rings. The van der Waals surface area contributed by atoms with Gasteiger partial charge in [0, 0.05) is 6.42 Å². The summed E-state index contributed by atoms with van der Waals surface area (Å²) in [5.41, 5.74) is 6.17. The first-order valence-electron chi connectivity index (χ1n) is 5.65. The molecule has 1 atom stereocenters. The summed E-state index contributed by atoms with van der Waals surface area (Å²) in [7, 11) is 0. The first kappa shape index (κ1) is 9.78. The van der Waals surface area contributed by atoms with Gasteiger partial charge in [-0.1, -0.05) is 19.8 Å². The minimum absolute atomic E-state index is 0.123. The Morgan fingerprint density at radius 2 is 2.14 bits per heavy atom. The number of furan rings is 1. The van der Waals surface area contributed by atoms with Crippen LogP contribution in [0.3, 0.4) is 0 Å². The van der Waals surface area contributed by atoms with Gasteiger partial charge in [-0.05, 0) is 30.9 Å². The fourth-order valence-electron chi connectivity index (χ4n) is 2.31. The molecule has 1 aromatic heterocycles. The topological polar surface area (TPSA) is 39.2 Å². The Morgan fingerprint density at radius 1 is 1.43 bits per heavy atom. The molecule has 0 bridgehead atoms. The Kier molecular flexibility index (Phi) is 2.92. The van der Waals surface area contributed by atoms with Gasteiger partial charge in [-0.2, -0.15) is 0 Å². The van der Waals surface area contributed by atoms with Gasteiger partial charge in [0.25, 0.3) is 0 Å². The van der Waals surface area contributed by atoms with Crippen molar-refractivity contribution in [2.24, 2.45) is 11.7 Å². The zero-order valence-corrected chi connectivity index (χ0v) is 8.83. The highest BCUT2D eigenvalue weighted by Crippen LogP contribution is 2.34. The molecule has 0 unspecified atom stereocenters. The maximum absolute atomic E-state index is 6.17. The van der Waals surface area contributed by atoms with E-state index in [0.29, 0.717) is 5.92 Å². The van der Waals surface area contributed by atoms with Crippen molar-refractivity contribution in [2.45, 2.75) is 45.1 Å². The largest absolute Gasteiger partial charge is 0.464 e. The van der Waals surface area contributed by atoms with Gasteiger partial charge in [-0.3, -0.25) is 0 Å². The predicted molar refractivity (Wildman–Crippen MR) is 57.0 cm³/mol. The lowest BCUT2D eigenvalue weighted by Gasteiger charge is -2.15. The van der Waals surface area contributed by atoms with Crippen LogP contribution in [0.5, 0.6) is 0 Å². The summed E-state index contributed by atoms with van der Waals surface area (Å²) in [4.78, 5) is 0. The molecule has 0 saturated heterocycles. The summed E-state index contributed by atoms with van der Waals surface area (Å²) < 4.78 is 5.68. The van der Waals surface area contributed by atoms with Crippen LogP contribution >= 0.6 is 0 Å². The van der Waals surface area contributed by atoms with E-state index in [0.717, 1.165) is 17.9 Å². The summed E-state index contributed by atoms with van der Waals surface area (Å²) in [5.74, 6) is 2.67. The van der Waals surface area contributed by atoms with Crippen LogP contribution in [-0.4, -0.2) is 0 Å². The van der Waals surface area contributed by atoms with Crippen LogP contribution in [0.2, 0.25) is 0 Å². The molecule has 1 fully saturated rings. The molecule has 0 aromatic carbocycles. The zero-order valence-electron chi connectivity index (χ0n) is 8.83. The summed E-state index contributed by atoms with van der Waals surface area (Å²) in [6.07, 6.45) is 6.16. The lowest BCUT2D eigenvalue weighted by Crippen LogP contribution is -2.18. The van der Waals surface area contributed by atoms with E-state index in [1.54, 1.807) is 0 Å². The molecule has 1 aliphatic rings. The molecule has 78 valence electrons. The second kappa shape index (κ2) is 4.18. The molecular formula is C12H19NO. The molecule has 1 saturated carbocycles. The van der Waals surface area contributed by atoms with Crippen LogP contribution in [0, 0.1) is 5.92 Å². The highest BCUT2D eigenvalue weighted by atomic mass is 16.3. The van der Waals surface area contributed by atoms with Crippen LogP contribution in [0.15, 0.2) is 16.5 Å². The zero-order chi connectivity index (χ0) is 9.97. The highest BCUT2D eigenvalue weighted by Gasteiger charge is 2.25. The van der Waals surface area contributed by atoms with Crippen molar-refractivity contribution in [3.05, 3.63) is 23.7 Å². The second-order valence-electron chi connectivity index (χ2n) is 4.23. The molecule has 0 spiro atoms. The average molecular weight is 193 g/mol. The molecule has 2 rings (SSSR count). The third kappa shape index (κ3) is 1.85. The van der Waals surface area contributed by atoms with Crippen molar-refractivity contribution in [1.82, 2.24) is 0 Å². The van der Waals surface area contributed by atoms with E-state index in [2.05, 4.69) is 6.92 Å². The summed E-state index contributed by atoms with van der Waals surface area (Å²) in [5, 5.41) is 0. The van der Waals surface area contributed by atoms with Crippen LogP contribution in [0.4, 0.5) is 0 Å². The Balaban J connectivity index is 2.05. The van der Waals surface area contributed by atoms with E-state index in [1.165, 1.54) is 25.7 Å². The van der Waals surface area contributed by atoms with Crippen LogP contribution in [-0.2, 0) is 6.42 Å². The Hall–Kier alpha value is -0.760. The van der Waals surface area contributed by atoms with Crippen molar-refractivity contribution in [2.75, 3.05) is 0 Å². The normalized spacial score (nSPS) is 20.1. The quantitative estimate of drug-likeness (QED) is 0.801. The first-order valence-corrected chi connectivity index (χ1v) is 5.65. The summed E-state index contributed by atoms with van der Waals surface area (Å²) >= 11 is 0. The van der Waals surface area contributed by atoms with Crippen molar-refractivity contribution in [1.29, 1.82) is 0 Å². The molecule has 0 aliphatic heterocycles. The SMILES string of the molecule is CCc1ccc([C@H](N)C2CCCC2)o1. The second-order valence-corrected chi connectivity index (χ2v) is 4.23. The van der Waals surface area contributed by atoms with Crippen LogP contribution in [0.1, 0.15) is 50.2 Å². The molecule has 0 amide bonds. The predicted octanol–water partition coefficient (Wildman–Crippen LogP) is 3.03. The highest BCUT2D eigenvalue weighted by molar-refractivity contribution is 5.11. The van der Waals surface area contributed by atoms with Crippen molar-refractivity contribution in [3.63, 3.8) is 0 Å². The molecule has 2 N–H and O–H groups in total. The van der Waals surface area contributed by atoms with Gasteiger partial charge >= 0.3 is 0 Å². The smallest absolute Gasteiger partial charge is 0.121 e. The van der Waals surface area contributed by atoms with Crippen molar-refractivity contribution in [3.8, 4) is 0 Å². The van der Waals surface area contributed by atoms with Gasteiger partial charge in [0.1, 0.15) is 11.5 Å². The monoisotopic (exact) mass is 193 g/mol. The lowest BCUT2D eigenvalue weighted by molar-refractivity contribution is 0.358. The van der Waals surface area contributed by atoms with Gasteiger partial charge in [0.15, 0.2) is 0 Å². The van der Waals surface area contributed by atoms with Crippen LogP contribution < -0.4 is 5.73 Å². The number of rotatable bonds is 3. The first-order chi connectivity index (χ1) is 6.81. The van der Waals surface area contributed by atoms with E-state index in [9.17, 15) is 0 Å². The fraction of sp³-hybridized carbons (Fsp3) is 0.667. The molecule has 1 heterocycles. The van der Waals surface area contributed by atoms with Gasteiger partial charge in [0.2, 0.25) is 0 Å². The van der Waals surface area contributed by atoms with Gasteiger partial charge in [-0.15, -0.1) is 0 Å². The number of aryl methyl sites for hydroxylation is 1. The Morgan fingerprint density at radius 3 is 2.71 bits per heavy atom. The van der Waals surface area contributed by atoms with Gasteiger partial charge in [0.05, 0.1) is 6.04 Å². The van der Waals surface area contributed by atoms with Crippen LogP contribution in [0.25, 0.3) is 0 Å². The van der Waals surface area contributed by atoms with E-state index in [-0.39, 0.29) is 6.04 Å². The van der Waals surface area contributed by atoms with Crippen molar-refractivity contribution >= 4 is 0 Å². The lowest BCUT2D eigenvalue weighted by atomic mass is 9.97. The summed E-state index contributed by atoms with van der Waals surface area (Å²) in [6.45, 7) is 2.10. The molecule has 2 heteroatoms. The van der Waals surface area contributed by atoms with Crippen molar-refractivity contribution < 1.29 is 4.42 Å². The van der Waals surface area contributed by atoms with Gasteiger partial charge in [-0.25, -0.2) is 0 Å². The maximum Gasteiger partial charge on any atom is 0.121 e. The van der Waals surface area contributed by atoms with E-state index in [1.807, 2.05) is 12.1 Å². The number of nitrogens with two attached hydrogens (primary N) is 1. The number of hydrogen-bond donors (Lipinski definition) is 1. The molecule has 2 nitrogen and oxygen atoms in total. The Labute approximate surface area is 85.5 Å². The minimum atomic E-state index is 0.123. The molecule has 0 radical (unpaired) electrons. The number of hydrogen-bond acceptors (Lipinski definition) is 2. The third-order valence-electron chi connectivity index (χ3n) is 3.27. The molecule has 14 heavy (non-hydrogen) atoms.